The number of hydrogen-bond donors (Lipinski definition) is 1. The van der Waals surface area contributed by atoms with Gasteiger partial charge in [-0.05, 0) is 81.4 Å². The van der Waals surface area contributed by atoms with E-state index in [2.05, 4.69) is 72.1 Å². The average molecular weight is 404 g/mol. The van der Waals surface area contributed by atoms with Crippen LogP contribution in [-0.4, -0.2) is 41.6 Å². The molecule has 1 aliphatic rings. The predicted octanol–water partition coefficient (Wildman–Crippen LogP) is 4.48. The molecule has 3 aromatic rings. The highest BCUT2D eigenvalue weighted by molar-refractivity contribution is 5.99. The number of piperidine rings is 1. The Morgan fingerprint density at radius 2 is 1.80 bits per heavy atom. The molecule has 1 fully saturated rings. The number of hydrogen-bond acceptors (Lipinski definition) is 2. The summed E-state index contributed by atoms with van der Waals surface area (Å²) in [6.07, 6.45) is 3.67. The van der Waals surface area contributed by atoms with E-state index in [1.807, 2.05) is 12.1 Å². The minimum absolute atomic E-state index is 0.0248. The largest absolute Gasteiger partial charge is 0.351 e. The molecule has 2 heterocycles. The lowest BCUT2D eigenvalue weighted by atomic mass is 9.90. The number of nitrogens with zero attached hydrogens (tertiary/aromatic N) is 2. The zero-order valence-corrected chi connectivity index (χ0v) is 18.4. The first-order valence-corrected chi connectivity index (χ1v) is 11.1. The minimum Gasteiger partial charge on any atom is -0.351 e. The van der Waals surface area contributed by atoms with Crippen LogP contribution < -0.4 is 5.32 Å². The maximum atomic E-state index is 12.7. The Labute approximate surface area is 179 Å². The fourth-order valence-electron chi connectivity index (χ4n) is 4.69. The van der Waals surface area contributed by atoms with Crippen LogP contribution in [0.3, 0.4) is 0 Å². The zero-order chi connectivity index (χ0) is 21.1. The van der Waals surface area contributed by atoms with Gasteiger partial charge in [-0.15, -0.1) is 0 Å². The first-order valence-electron chi connectivity index (χ1n) is 11.1. The number of aromatic nitrogens is 1. The van der Waals surface area contributed by atoms with Crippen LogP contribution in [0.1, 0.15) is 40.0 Å². The van der Waals surface area contributed by atoms with Gasteiger partial charge in [0.25, 0.3) is 5.91 Å². The third kappa shape index (κ3) is 4.44. The molecule has 158 valence electrons. The van der Waals surface area contributed by atoms with E-state index in [1.165, 1.54) is 47.0 Å². The second kappa shape index (κ2) is 9.05. The molecule has 1 N–H and O–H groups in total. The van der Waals surface area contributed by atoms with Crippen molar-refractivity contribution in [1.82, 2.24) is 14.8 Å². The molecule has 1 aliphatic heterocycles. The predicted molar refractivity (Wildman–Crippen MR) is 124 cm³/mol. The van der Waals surface area contributed by atoms with Crippen LogP contribution in [0.25, 0.3) is 10.9 Å². The van der Waals surface area contributed by atoms with Crippen molar-refractivity contribution in [2.75, 3.05) is 26.2 Å². The molecule has 4 heteroatoms. The van der Waals surface area contributed by atoms with Crippen molar-refractivity contribution in [3.8, 4) is 0 Å². The molecule has 0 unspecified atom stereocenters. The fraction of sp³-hybridized carbons (Fsp3) is 0.423. The molecule has 1 saturated heterocycles. The van der Waals surface area contributed by atoms with Gasteiger partial charge in [-0.1, -0.05) is 30.3 Å². The molecule has 1 amide bonds. The van der Waals surface area contributed by atoms with Crippen molar-refractivity contribution in [1.29, 1.82) is 0 Å². The Kier molecular flexibility index (Phi) is 6.24. The van der Waals surface area contributed by atoms with Crippen molar-refractivity contribution in [3.63, 3.8) is 0 Å². The third-order valence-electron chi connectivity index (χ3n) is 6.86. The van der Waals surface area contributed by atoms with Gasteiger partial charge in [0.2, 0.25) is 0 Å². The lowest BCUT2D eigenvalue weighted by Crippen LogP contribution is -2.39. The summed E-state index contributed by atoms with van der Waals surface area (Å²) in [5, 5.41) is 4.29. The Bertz CT molecular complexity index is 1010. The van der Waals surface area contributed by atoms with Gasteiger partial charge in [0, 0.05) is 42.3 Å². The normalized spacial score (nSPS) is 15.6. The highest BCUT2D eigenvalue weighted by Crippen LogP contribution is 2.25. The van der Waals surface area contributed by atoms with Crippen LogP contribution >= 0.6 is 0 Å². The van der Waals surface area contributed by atoms with Crippen molar-refractivity contribution >= 4 is 16.8 Å². The summed E-state index contributed by atoms with van der Waals surface area (Å²) in [6.45, 7) is 8.13. The molecule has 2 aromatic carbocycles. The summed E-state index contributed by atoms with van der Waals surface area (Å²) in [6, 6.07) is 16.8. The molecule has 4 nitrogen and oxygen atoms in total. The number of benzene rings is 2. The standard InChI is InChI=1S/C26H33N3O/c1-19-20(2)28(3)25-10-9-23(18-24(19)25)26(30)27-13-16-29-14-11-22(12-15-29)17-21-7-5-4-6-8-21/h4-10,18,22H,11-17H2,1-3H3,(H,27,30). The second-order valence-corrected chi connectivity index (χ2v) is 8.73. The van der Waals surface area contributed by atoms with Crippen molar-refractivity contribution in [2.45, 2.75) is 33.1 Å². The first-order chi connectivity index (χ1) is 14.5. The second-order valence-electron chi connectivity index (χ2n) is 8.73. The summed E-state index contributed by atoms with van der Waals surface area (Å²) in [4.78, 5) is 15.1. The molecule has 0 aliphatic carbocycles. The number of aryl methyl sites for hydroxylation is 2. The van der Waals surface area contributed by atoms with E-state index >= 15 is 0 Å². The number of carbonyl (C=O) groups excluding carboxylic acids is 1. The highest BCUT2D eigenvalue weighted by Gasteiger charge is 2.19. The van der Waals surface area contributed by atoms with E-state index in [1.54, 1.807) is 0 Å². The zero-order valence-electron chi connectivity index (χ0n) is 18.4. The molecular weight excluding hydrogens is 370 g/mol. The van der Waals surface area contributed by atoms with E-state index in [9.17, 15) is 4.79 Å². The molecule has 4 rings (SSSR count). The molecule has 0 atom stereocenters. The SMILES string of the molecule is Cc1c(C)n(C)c2ccc(C(=O)NCCN3CCC(Cc4ccccc4)CC3)cc12. The van der Waals surface area contributed by atoms with E-state index in [0.29, 0.717) is 6.54 Å². The topological polar surface area (TPSA) is 37.3 Å². The Hall–Kier alpha value is -2.59. The van der Waals surface area contributed by atoms with Crippen LogP contribution in [0.4, 0.5) is 0 Å². The van der Waals surface area contributed by atoms with Gasteiger partial charge < -0.3 is 14.8 Å². The number of likely N-dealkylation sites (tertiary alicyclic amines) is 1. The molecule has 0 radical (unpaired) electrons. The number of rotatable bonds is 6. The van der Waals surface area contributed by atoms with Gasteiger partial charge in [-0.25, -0.2) is 0 Å². The summed E-state index contributed by atoms with van der Waals surface area (Å²) in [7, 11) is 2.08. The maximum Gasteiger partial charge on any atom is 0.251 e. The van der Waals surface area contributed by atoms with Gasteiger partial charge in [0.1, 0.15) is 0 Å². The van der Waals surface area contributed by atoms with Gasteiger partial charge in [0.15, 0.2) is 0 Å². The molecule has 30 heavy (non-hydrogen) atoms. The van der Waals surface area contributed by atoms with Crippen molar-refractivity contribution in [3.05, 3.63) is 70.9 Å². The van der Waals surface area contributed by atoms with Crippen molar-refractivity contribution in [2.24, 2.45) is 13.0 Å². The number of carbonyl (C=O) groups is 1. The summed E-state index contributed by atoms with van der Waals surface area (Å²) < 4.78 is 2.19. The van der Waals surface area contributed by atoms with Gasteiger partial charge in [0.05, 0.1) is 0 Å². The molecule has 0 saturated carbocycles. The average Bonchev–Trinajstić information content (AvgIpc) is 2.99. The number of nitrogens with one attached hydrogen (secondary N) is 1. The van der Waals surface area contributed by atoms with Crippen LogP contribution in [0, 0.1) is 19.8 Å². The minimum atomic E-state index is 0.0248. The van der Waals surface area contributed by atoms with Crippen LogP contribution in [0.2, 0.25) is 0 Å². The molecule has 0 spiro atoms. The lowest BCUT2D eigenvalue weighted by Gasteiger charge is -2.32. The third-order valence-corrected chi connectivity index (χ3v) is 6.86. The Balaban J connectivity index is 1.24. The fourth-order valence-corrected chi connectivity index (χ4v) is 4.69. The Morgan fingerprint density at radius 3 is 2.53 bits per heavy atom. The van der Waals surface area contributed by atoms with Crippen LogP contribution in [0.5, 0.6) is 0 Å². The highest BCUT2D eigenvalue weighted by atomic mass is 16.1. The first kappa shape index (κ1) is 20.7. The van der Waals surface area contributed by atoms with E-state index in [4.69, 9.17) is 0 Å². The van der Waals surface area contributed by atoms with Gasteiger partial charge >= 0.3 is 0 Å². The van der Waals surface area contributed by atoms with E-state index in [0.717, 1.165) is 31.1 Å². The summed E-state index contributed by atoms with van der Waals surface area (Å²) >= 11 is 0. The maximum absolute atomic E-state index is 12.7. The van der Waals surface area contributed by atoms with Crippen molar-refractivity contribution < 1.29 is 4.79 Å². The number of fused-ring (bicyclic) bond motifs is 1. The summed E-state index contributed by atoms with van der Waals surface area (Å²) in [5.41, 5.74) is 5.88. The quantitative estimate of drug-likeness (QED) is 0.659. The molecular formula is C26H33N3O. The number of amides is 1. The van der Waals surface area contributed by atoms with E-state index in [-0.39, 0.29) is 5.91 Å². The van der Waals surface area contributed by atoms with Crippen LogP contribution in [-0.2, 0) is 13.5 Å². The monoisotopic (exact) mass is 403 g/mol. The lowest BCUT2D eigenvalue weighted by molar-refractivity contribution is 0.0944. The van der Waals surface area contributed by atoms with Gasteiger partial charge in [-0.2, -0.15) is 0 Å². The van der Waals surface area contributed by atoms with Crippen LogP contribution in [0.15, 0.2) is 48.5 Å². The van der Waals surface area contributed by atoms with E-state index < -0.39 is 0 Å². The van der Waals surface area contributed by atoms with Gasteiger partial charge in [-0.3, -0.25) is 4.79 Å². The smallest absolute Gasteiger partial charge is 0.251 e. The summed E-state index contributed by atoms with van der Waals surface area (Å²) in [5.74, 6) is 0.805. The molecule has 0 bridgehead atoms. The molecule has 1 aromatic heterocycles. The Morgan fingerprint density at radius 1 is 1.07 bits per heavy atom.